The minimum atomic E-state index is -1.30. The predicted octanol–water partition coefficient (Wildman–Crippen LogP) is 2.36. The van der Waals surface area contributed by atoms with Crippen molar-refractivity contribution in [2.24, 2.45) is 0 Å². The molecule has 1 amide bonds. The number of ketones is 1. The van der Waals surface area contributed by atoms with Crippen LogP contribution in [-0.4, -0.2) is 66.4 Å². The molecule has 1 fully saturated rings. The van der Waals surface area contributed by atoms with Gasteiger partial charge in [-0.15, -0.1) is 0 Å². The lowest BCUT2D eigenvalue weighted by atomic mass is 10.0. The van der Waals surface area contributed by atoms with E-state index in [1.54, 1.807) is 23.2 Å². The molecular formula is C26H25FN6O4. The van der Waals surface area contributed by atoms with Gasteiger partial charge in [0.2, 0.25) is 5.91 Å². The highest BCUT2D eigenvalue weighted by molar-refractivity contribution is 6.08. The Balaban J connectivity index is 1.41. The number of aromatic nitrogens is 4. The zero-order valence-electron chi connectivity index (χ0n) is 20.0. The third-order valence-electron chi connectivity index (χ3n) is 6.54. The highest BCUT2D eigenvalue weighted by atomic mass is 19.1. The van der Waals surface area contributed by atoms with Crippen LogP contribution < -0.4 is 10.7 Å². The Hall–Kier alpha value is -4.22. The number of hydrogen-bond acceptors (Lipinski definition) is 7. The summed E-state index contributed by atoms with van der Waals surface area (Å²) in [6.45, 7) is 1.36. The Kier molecular flexibility index (Phi) is 6.64. The Bertz CT molecular complexity index is 1520. The van der Waals surface area contributed by atoms with Crippen LogP contribution in [-0.2, 0) is 11.3 Å². The summed E-state index contributed by atoms with van der Waals surface area (Å²) in [5, 5.41) is 22.1. The predicted molar refractivity (Wildman–Crippen MR) is 135 cm³/mol. The van der Waals surface area contributed by atoms with E-state index in [0.717, 1.165) is 11.1 Å². The number of aromatic amines is 1. The van der Waals surface area contributed by atoms with Gasteiger partial charge in [-0.05, 0) is 30.7 Å². The van der Waals surface area contributed by atoms with E-state index in [1.165, 1.54) is 30.2 Å². The Morgan fingerprint density at radius 1 is 1.22 bits per heavy atom. The molecule has 1 aliphatic rings. The summed E-state index contributed by atoms with van der Waals surface area (Å²) in [6, 6.07) is 9.04. The number of anilines is 1. The second kappa shape index (κ2) is 10.0. The molecule has 0 spiro atoms. The number of alkyl halides is 1. The smallest absolute Gasteiger partial charge is 0.243 e. The van der Waals surface area contributed by atoms with Gasteiger partial charge in [0, 0.05) is 59.5 Å². The molecule has 37 heavy (non-hydrogen) atoms. The molecule has 11 heteroatoms. The maximum absolute atomic E-state index is 14.4. The van der Waals surface area contributed by atoms with Crippen LogP contribution in [0, 0.1) is 0 Å². The van der Waals surface area contributed by atoms with Crippen LogP contribution in [0.5, 0.6) is 0 Å². The van der Waals surface area contributed by atoms with E-state index in [9.17, 15) is 23.9 Å². The molecule has 3 atom stereocenters. The number of likely N-dealkylation sites (tertiary alicyclic amines) is 1. The summed E-state index contributed by atoms with van der Waals surface area (Å²) >= 11 is 0. The van der Waals surface area contributed by atoms with Gasteiger partial charge >= 0.3 is 0 Å². The zero-order chi connectivity index (χ0) is 26.1. The lowest BCUT2D eigenvalue weighted by Crippen LogP contribution is -2.47. The summed E-state index contributed by atoms with van der Waals surface area (Å²) in [6.07, 6.45) is 3.69. The van der Waals surface area contributed by atoms with Crippen molar-refractivity contribution < 1.29 is 19.1 Å². The van der Waals surface area contributed by atoms with Crippen molar-refractivity contribution in [1.29, 1.82) is 0 Å². The van der Waals surface area contributed by atoms with Crippen LogP contribution in [0.4, 0.5) is 10.2 Å². The fraction of sp³-hybridized carbons (Fsp3) is 0.269. The Labute approximate surface area is 210 Å². The second-order valence-corrected chi connectivity index (χ2v) is 9.07. The van der Waals surface area contributed by atoms with E-state index in [0.29, 0.717) is 16.5 Å². The number of amides is 1. The van der Waals surface area contributed by atoms with Crippen LogP contribution in [0.3, 0.4) is 0 Å². The number of nitrogens with one attached hydrogen (secondary N) is 2. The largest absolute Gasteiger partial charge is 0.376 e. The summed E-state index contributed by atoms with van der Waals surface area (Å²) in [4.78, 5) is 41.0. The summed E-state index contributed by atoms with van der Waals surface area (Å²) < 4.78 is 16.1. The first-order valence-electron chi connectivity index (χ1n) is 11.8. The van der Waals surface area contributed by atoms with E-state index in [2.05, 4.69) is 20.5 Å². The first-order valence-corrected chi connectivity index (χ1v) is 11.8. The van der Waals surface area contributed by atoms with Crippen molar-refractivity contribution in [3.8, 4) is 11.1 Å². The third kappa shape index (κ3) is 5.04. The van der Waals surface area contributed by atoms with Gasteiger partial charge in [0.25, 0.3) is 0 Å². The average Bonchev–Trinajstić information content (AvgIpc) is 3.45. The van der Waals surface area contributed by atoms with Gasteiger partial charge in [-0.25, -0.2) is 4.39 Å². The summed E-state index contributed by atoms with van der Waals surface area (Å²) in [5.41, 5.74) is 2.62. The normalized spacial score (nSPS) is 18.7. The molecule has 3 aromatic heterocycles. The molecule has 10 nitrogen and oxygen atoms in total. The maximum atomic E-state index is 14.4. The highest BCUT2D eigenvalue weighted by Crippen LogP contribution is 2.30. The molecule has 1 aliphatic heterocycles. The van der Waals surface area contributed by atoms with Gasteiger partial charge < -0.3 is 20.0 Å². The van der Waals surface area contributed by atoms with Crippen LogP contribution >= 0.6 is 0 Å². The van der Waals surface area contributed by atoms with Crippen molar-refractivity contribution in [2.75, 3.05) is 11.9 Å². The molecule has 4 heterocycles. The van der Waals surface area contributed by atoms with Gasteiger partial charge in [0.15, 0.2) is 11.2 Å². The number of halogens is 1. The number of benzene rings is 1. The van der Waals surface area contributed by atoms with E-state index in [-0.39, 0.29) is 36.5 Å². The van der Waals surface area contributed by atoms with Crippen molar-refractivity contribution in [3.05, 3.63) is 77.0 Å². The SMILES string of the molecule is CC(=O)c1cn(CC(O)N2C[C@H](F)C[C@H]2C(=O)Nc2cc(=O)cc[nH]2)c2ccc(-c3ccnnc3)cc12. The third-order valence-corrected chi connectivity index (χ3v) is 6.54. The quantitative estimate of drug-likeness (QED) is 0.329. The van der Waals surface area contributed by atoms with Crippen LogP contribution in [0.25, 0.3) is 22.0 Å². The van der Waals surface area contributed by atoms with Crippen LogP contribution in [0.2, 0.25) is 0 Å². The average molecular weight is 505 g/mol. The van der Waals surface area contributed by atoms with E-state index < -0.39 is 24.3 Å². The number of nitrogens with zero attached hydrogens (tertiary/aromatic N) is 4. The van der Waals surface area contributed by atoms with Gasteiger partial charge in [0.1, 0.15) is 18.2 Å². The fourth-order valence-electron chi connectivity index (χ4n) is 4.78. The number of rotatable bonds is 7. The number of aliphatic hydroxyl groups excluding tert-OH is 1. The first-order chi connectivity index (χ1) is 17.8. The van der Waals surface area contributed by atoms with Gasteiger partial charge in [0.05, 0.1) is 25.0 Å². The number of fused-ring (bicyclic) bond motifs is 1. The monoisotopic (exact) mass is 504 g/mol. The first kappa shape index (κ1) is 24.5. The molecule has 190 valence electrons. The molecule has 0 aliphatic carbocycles. The number of carbonyl (C=O) groups is 2. The maximum Gasteiger partial charge on any atom is 0.243 e. The molecular weight excluding hydrogens is 479 g/mol. The molecule has 0 bridgehead atoms. The molecule has 0 saturated carbocycles. The number of aliphatic hydroxyl groups is 1. The second-order valence-electron chi connectivity index (χ2n) is 9.07. The summed E-state index contributed by atoms with van der Waals surface area (Å²) in [7, 11) is 0. The zero-order valence-corrected chi connectivity index (χ0v) is 20.0. The lowest BCUT2D eigenvalue weighted by molar-refractivity contribution is -0.124. The Morgan fingerprint density at radius 2 is 2.05 bits per heavy atom. The van der Waals surface area contributed by atoms with Crippen molar-refractivity contribution >= 4 is 28.4 Å². The van der Waals surface area contributed by atoms with Crippen LogP contribution in [0.1, 0.15) is 23.7 Å². The molecule has 1 saturated heterocycles. The number of hydrogen-bond donors (Lipinski definition) is 3. The van der Waals surface area contributed by atoms with E-state index in [1.807, 2.05) is 24.3 Å². The molecule has 0 radical (unpaired) electrons. The van der Waals surface area contributed by atoms with Gasteiger partial charge in [-0.2, -0.15) is 10.2 Å². The van der Waals surface area contributed by atoms with E-state index >= 15 is 0 Å². The molecule has 3 N–H and O–H groups in total. The number of Topliss-reactive ketones (excluding diaryl/α,β-unsaturated/α-hetero) is 1. The topological polar surface area (TPSA) is 133 Å². The minimum Gasteiger partial charge on any atom is -0.376 e. The van der Waals surface area contributed by atoms with Gasteiger partial charge in [-0.1, -0.05) is 6.07 Å². The molecule has 1 aromatic carbocycles. The molecule has 1 unspecified atom stereocenters. The van der Waals surface area contributed by atoms with Crippen molar-refractivity contribution in [1.82, 2.24) is 24.6 Å². The van der Waals surface area contributed by atoms with Crippen molar-refractivity contribution in [3.63, 3.8) is 0 Å². The van der Waals surface area contributed by atoms with E-state index in [4.69, 9.17) is 0 Å². The highest BCUT2D eigenvalue weighted by Gasteiger charge is 2.40. The number of carbonyl (C=O) groups excluding carboxylic acids is 2. The molecule has 5 rings (SSSR count). The van der Waals surface area contributed by atoms with Crippen LogP contribution in [0.15, 0.2) is 66.0 Å². The number of H-pyrrole nitrogens is 1. The molecule has 4 aromatic rings. The minimum absolute atomic E-state index is 0.0125. The van der Waals surface area contributed by atoms with Crippen molar-refractivity contribution in [2.45, 2.75) is 38.3 Å². The standard InChI is InChI=1S/C26H25FN6O4/c1-15(34)21-13-32(22-3-2-16(8-20(21)22)17-4-7-29-30-11-17)14-25(36)33-12-18(27)9-23(33)26(37)31-24-10-19(35)5-6-28-24/h2-8,10-11,13,18,23,25,36H,9,12,14H2,1H3,(H2,28,31,35,37)/t18-,23+,25?/m1/s1. The lowest BCUT2D eigenvalue weighted by Gasteiger charge is -2.28. The number of pyridine rings is 1. The summed E-state index contributed by atoms with van der Waals surface area (Å²) in [5.74, 6) is -0.474. The van der Waals surface area contributed by atoms with Gasteiger partial charge in [-0.3, -0.25) is 19.3 Å². The Morgan fingerprint density at radius 3 is 2.78 bits per heavy atom. The fourth-order valence-corrected chi connectivity index (χ4v) is 4.78.